The van der Waals surface area contributed by atoms with Crippen LogP contribution >= 0.6 is 0 Å². The maximum atomic E-state index is 14.0. The first-order valence-corrected chi connectivity index (χ1v) is 13.9. The Kier molecular flexibility index (Phi) is 7.45. The summed E-state index contributed by atoms with van der Waals surface area (Å²) in [6, 6.07) is 25.0. The van der Waals surface area contributed by atoms with E-state index in [1.807, 2.05) is 60.7 Å². The number of carbonyl (C=O) groups excluding carboxylic acids is 3. The molecular weight excluding hydrogens is 532 g/mol. The number of aromatic hydroxyl groups is 1. The standard InChI is InChI=1S/C32H32N6O4/c1-35(32(42)34-18-23-6-3-2-4-7-23)37-21-30(40)38-28(17-22-10-13-26(39)14-11-22)31(41)36(20-29(37)38)19-24-9-12-25-8-5-15-33-27(25)16-24/h2-16,28-29,39H,17-21H2,1H3,(H,34,42)/t28-,29+/m0/s1. The second-order valence-electron chi connectivity index (χ2n) is 10.7. The van der Waals surface area contributed by atoms with Gasteiger partial charge in [0, 0.05) is 38.1 Å². The summed E-state index contributed by atoms with van der Waals surface area (Å²) >= 11 is 0. The van der Waals surface area contributed by atoms with Crippen molar-refractivity contribution < 1.29 is 19.5 Å². The molecule has 4 amide bonds. The topological polar surface area (TPSA) is 109 Å². The summed E-state index contributed by atoms with van der Waals surface area (Å²) in [5.74, 6) is -0.245. The molecule has 0 unspecified atom stereocenters. The molecule has 10 heteroatoms. The van der Waals surface area contributed by atoms with Gasteiger partial charge in [-0.3, -0.25) is 19.6 Å². The van der Waals surface area contributed by atoms with Crippen LogP contribution in [0.25, 0.3) is 10.9 Å². The maximum Gasteiger partial charge on any atom is 0.332 e. The second kappa shape index (κ2) is 11.5. The minimum absolute atomic E-state index is 0.0208. The predicted octanol–water partition coefficient (Wildman–Crippen LogP) is 3.12. The fourth-order valence-electron chi connectivity index (χ4n) is 5.74. The van der Waals surface area contributed by atoms with E-state index in [1.54, 1.807) is 52.3 Å². The molecule has 2 aliphatic rings. The molecule has 1 aromatic heterocycles. The Bertz CT molecular complexity index is 1610. The van der Waals surface area contributed by atoms with E-state index in [4.69, 9.17) is 0 Å². The molecule has 0 radical (unpaired) electrons. The fraction of sp³-hybridized carbons (Fsp3) is 0.250. The molecule has 0 spiro atoms. The Morgan fingerprint density at radius 3 is 2.52 bits per heavy atom. The molecule has 0 bridgehead atoms. The lowest BCUT2D eigenvalue weighted by Crippen LogP contribution is -2.65. The lowest BCUT2D eigenvalue weighted by atomic mass is 9.99. The second-order valence-corrected chi connectivity index (χ2v) is 10.7. The minimum Gasteiger partial charge on any atom is -0.508 e. The number of piperazine rings is 1. The number of phenolic OH excluding ortho intramolecular Hbond substituents is 1. The molecule has 2 N–H and O–H groups in total. The van der Waals surface area contributed by atoms with E-state index in [-0.39, 0.29) is 43.1 Å². The van der Waals surface area contributed by atoms with Gasteiger partial charge in [0.05, 0.1) is 18.6 Å². The number of hydrazine groups is 1. The van der Waals surface area contributed by atoms with Crippen molar-refractivity contribution >= 4 is 28.7 Å². The van der Waals surface area contributed by atoms with E-state index >= 15 is 0 Å². The van der Waals surface area contributed by atoms with Gasteiger partial charge in [0.15, 0.2) is 0 Å². The van der Waals surface area contributed by atoms with Crippen LogP contribution < -0.4 is 5.32 Å². The average Bonchev–Trinajstić information content (AvgIpc) is 3.34. The summed E-state index contributed by atoms with van der Waals surface area (Å²) in [6.07, 6.45) is 1.50. The summed E-state index contributed by atoms with van der Waals surface area (Å²) in [4.78, 5) is 48.4. The number of nitrogens with zero attached hydrogens (tertiary/aromatic N) is 5. The number of pyridine rings is 1. The highest BCUT2D eigenvalue weighted by atomic mass is 16.3. The van der Waals surface area contributed by atoms with Crippen molar-refractivity contribution in [3.63, 3.8) is 0 Å². The fourth-order valence-corrected chi connectivity index (χ4v) is 5.74. The Labute approximate surface area is 243 Å². The van der Waals surface area contributed by atoms with Gasteiger partial charge in [-0.2, -0.15) is 5.01 Å². The number of benzene rings is 3. The van der Waals surface area contributed by atoms with Crippen LogP contribution in [-0.4, -0.2) is 80.1 Å². The van der Waals surface area contributed by atoms with Crippen molar-refractivity contribution in [2.45, 2.75) is 31.7 Å². The zero-order valence-corrected chi connectivity index (χ0v) is 23.3. The van der Waals surface area contributed by atoms with Crippen molar-refractivity contribution in [2.24, 2.45) is 0 Å². The van der Waals surface area contributed by atoms with Crippen molar-refractivity contribution in [1.82, 2.24) is 30.1 Å². The smallest absolute Gasteiger partial charge is 0.332 e. The zero-order chi connectivity index (χ0) is 29.2. The number of phenols is 1. The molecule has 2 fully saturated rings. The lowest BCUT2D eigenvalue weighted by molar-refractivity contribution is -0.157. The number of nitrogens with one attached hydrogen (secondary N) is 1. The largest absolute Gasteiger partial charge is 0.508 e. The van der Waals surface area contributed by atoms with Crippen LogP contribution in [0.2, 0.25) is 0 Å². The maximum absolute atomic E-state index is 14.0. The molecule has 0 aliphatic carbocycles. The van der Waals surface area contributed by atoms with Crippen LogP contribution in [0.5, 0.6) is 5.75 Å². The van der Waals surface area contributed by atoms with E-state index in [1.165, 1.54) is 5.01 Å². The van der Waals surface area contributed by atoms with Gasteiger partial charge < -0.3 is 20.2 Å². The molecule has 42 heavy (non-hydrogen) atoms. The number of hydrogen-bond donors (Lipinski definition) is 2. The van der Waals surface area contributed by atoms with Gasteiger partial charge in [0.1, 0.15) is 18.0 Å². The number of hydrogen-bond acceptors (Lipinski definition) is 6. The van der Waals surface area contributed by atoms with Gasteiger partial charge in [-0.15, -0.1) is 0 Å². The number of amides is 4. The van der Waals surface area contributed by atoms with Gasteiger partial charge in [-0.1, -0.05) is 60.7 Å². The zero-order valence-electron chi connectivity index (χ0n) is 23.3. The van der Waals surface area contributed by atoms with Crippen LogP contribution in [0.15, 0.2) is 91.1 Å². The summed E-state index contributed by atoms with van der Waals surface area (Å²) in [7, 11) is 1.64. The number of fused-ring (bicyclic) bond motifs is 2. The van der Waals surface area contributed by atoms with Gasteiger partial charge >= 0.3 is 6.03 Å². The van der Waals surface area contributed by atoms with E-state index in [9.17, 15) is 19.5 Å². The van der Waals surface area contributed by atoms with Crippen LogP contribution in [-0.2, 0) is 29.1 Å². The molecule has 2 aliphatic heterocycles. The Morgan fingerprint density at radius 2 is 1.74 bits per heavy atom. The van der Waals surface area contributed by atoms with E-state index in [0.717, 1.165) is 27.6 Å². The van der Waals surface area contributed by atoms with Crippen LogP contribution in [0.1, 0.15) is 16.7 Å². The minimum atomic E-state index is -0.759. The molecule has 10 nitrogen and oxygen atoms in total. The molecular formula is C32H32N6O4. The third-order valence-corrected chi connectivity index (χ3v) is 7.94. The summed E-state index contributed by atoms with van der Waals surface area (Å²) < 4.78 is 0. The Morgan fingerprint density at radius 1 is 0.976 bits per heavy atom. The highest BCUT2D eigenvalue weighted by molar-refractivity contribution is 5.92. The summed E-state index contributed by atoms with van der Waals surface area (Å²) in [5, 5.41) is 16.9. The van der Waals surface area contributed by atoms with Crippen molar-refractivity contribution in [3.8, 4) is 5.75 Å². The van der Waals surface area contributed by atoms with Gasteiger partial charge in [-0.25, -0.2) is 4.79 Å². The first-order chi connectivity index (χ1) is 20.4. The van der Waals surface area contributed by atoms with E-state index in [2.05, 4.69) is 10.3 Å². The van der Waals surface area contributed by atoms with Crippen LogP contribution in [0.4, 0.5) is 4.79 Å². The molecule has 3 heterocycles. The van der Waals surface area contributed by atoms with Crippen molar-refractivity contribution in [3.05, 3.63) is 108 Å². The van der Waals surface area contributed by atoms with Gasteiger partial charge in [0.2, 0.25) is 11.8 Å². The highest BCUT2D eigenvalue weighted by Gasteiger charge is 2.51. The van der Waals surface area contributed by atoms with Crippen LogP contribution in [0, 0.1) is 0 Å². The predicted molar refractivity (Wildman–Crippen MR) is 157 cm³/mol. The molecule has 3 aromatic carbocycles. The number of urea groups is 1. The third-order valence-electron chi connectivity index (χ3n) is 7.94. The van der Waals surface area contributed by atoms with Crippen molar-refractivity contribution in [2.75, 3.05) is 20.1 Å². The quantitative estimate of drug-likeness (QED) is 0.357. The summed E-state index contributed by atoms with van der Waals surface area (Å²) in [5.41, 5.74) is 3.55. The average molecular weight is 565 g/mol. The molecule has 214 valence electrons. The molecule has 6 rings (SSSR count). The number of rotatable bonds is 7. The van der Waals surface area contributed by atoms with Gasteiger partial charge in [-0.05, 0) is 41.0 Å². The SMILES string of the molecule is CN(C(=O)NCc1ccccc1)N1CC(=O)N2[C@@H](Cc3ccc(O)cc3)C(=O)N(Cc3ccc4cccnc4c3)C[C@@H]21. The molecule has 2 atom stereocenters. The highest BCUT2D eigenvalue weighted by Crippen LogP contribution is 2.30. The molecule has 0 saturated carbocycles. The Hall–Kier alpha value is -4.96. The monoisotopic (exact) mass is 564 g/mol. The lowest BCUT2D eigenvalue weighted by Gasteiger charge is -2.45. The van der Waals surface area contributed by atoms with Crippen LogP contribution in [0.3, 0.4) is 0 Å². The van der Waals surface area contributed by atoms with E-state index in [0.29, 0.717) is 13.1 Å². The number of carbonyl (C=O) groups is 3. The first-order valence-electron chi connectivity index (χ1n) is 13.9. The van der Waals surface area contributed by atoms with Crippen molar-refractivity contribution in [1.29, 1.82) is 0 Å². The Balaban J connectivity index is 1.26. The normalized spacial score (nSPS) is 18.8. The van der Waals surface area contributed by atoms with E-state index < -0.39 is 12.2 Å². The third kappa shape index (κ3) is 5.48. The first kappa shape index (κ1) is 27.2. The number of aromatic nitrogens is 1. The molecule has 2 saturated heterocycles. The van der Waals surface area contributed by atoms with Gasteiger partial charge in [0.25, 0.3) is 0 Å². The summed E-state index contributed by atoms with van der Waals surface area (Å²) in [6.45, 7) is 0.915. The molecule has 4 aromatic rings.